The molecular weight excluding hydrogens is 402 g/mol. The van der Waals surface area contributed by atoms with Crippen molar-refractivity contribution in [2.24, 2.45) is 0 Å². The van der Waals surface area contributed by atoms with E-state index in [0.29, 0.717) is 11.4 Å². The topological polar surface area (TPSA) is 95.6 Å². The van der Waals surface area contributed by atoms with E-state index in [1.165, 1.54) is 6.92 Å². The van der Waals surface area contributed by atoms with E-state index in [1.54, 1.807) is 42.5 Å². The fraction of sp³-hybridized carbons (Fsp3) is 0.273. The smallest absolute Gasteiger partial charge is 0.253 e. The Morgan fingerprint density at radius 3 is 2.33 bits per heavy atom. The van der Waals surface area contributed by atoms with Gasteiger partial charge in [-0.1, -0.05) is 37.3 Å². The van der Waals surface area contributed by atoms with Gasteiger partial charge in [0.1, 0.15) is 6.04 Å². The van der Waals surface area contributed by atoms with Crippen molar-refractivity contribution in [1.29, 1.82) is 0 Å². The van der Waals surface area contributed by atoms with Gasteiger partial charge in [0.05, 0.1) is 23.2 Å². The third kappa shape index (κ3) is 5.70. The van der Waals surface area contributed by atoms with Crippen molar-refractivity contribution in [2.45, 2.75) is 26.3 Å². The third-order valence-electron chi connectivity index (χ3n) is 4.52. The van der Waals surface area contributed by atoms with Gasteiger partial charge in [0.25, 0.3) is 5.91 Å². The summed E-state index contributed by atoms with van der Waals surface area (Å²) in [5.74, 6) is -0.919. The average molecular weight is 430 g/mol. The highest BCUT2D eigenvalue weighted by atomic mass is 32.2. The zero-order valence-corrected chi connectivity index (χ0v) is 18.2. The summed E-state index contributed by atoms with van der Waals surface area (Å²) in [6.45, 7) is 7.35. The quantitative estimate of drug-likeness (QED) is 0.599. The molecule has 0 saturated carbocycles. The van der Waals surface area contributed by atoms with Gasteiger partial charge in [-0.05, 0) is 43.2 Å². The van der Waals surface area contributed by atoms with Crippen molar-refractivity contribution in [3.63, 3.8) is 0 Å². The summed E-state index contributed by atoms with van der Waals surface area (Å²) < 4.78 is 26.0. The first kappa shape index (κ1) is 23.2. The van der Waals surface area contributed by atoms with Crippen molar-refractivity contribution >= 4 is 33.2 Å². The SMILES string of the molecule is C=CCNC(=O)c1ccccc1NC(=O)[C@H](C)N(c1ccc(CC)cc1)S(C)(=O)=O. The molecule has 0 unspecified atom stereocenters. The van der Waals surface area contributed by atoms with Gasteiger partial charge in [-0.15, -0.1) is 6.58 Å². The van der Waals surface area contributed by atoms with Crippen LogP contribution in [-0.4, -0.2) is 39.1 Å². The molecule has 0 aromatic heterocycles. The standard InChI is InChI=1S/C22H27N3O4S/c1-5-15-23-22(27)19-9-7-8-10-20(19)24-21(26)16(3)25(30(4,28)29)18-13-11-17(6-2)12-14-18/h5,7-14,16H,1,6,15H2,2-4H3,(H,23,27)(H,24,26)/t16-/m0/s1. The van der Waals surface area contributed by atoms with Crippen molar-refractivity contribution in [3.8, 4) is 0 Å². The van der Waals surface area contributed by atoms with Crippen LogP contribution in [0.25, 0.3) is 0 Å². The highest BCUT2D eigenvalue weighted by Gasteiger charge is 2.29. The summed E-state index contributed by atoms with van der Waals surface area (Å²) in [5.41, 5.74) is 2.03. The molecule has 2 amide bonds. The van der Waals surface area contributed by atoms with E-state index < -0.39 is 22.0 Å². The molecule has 0 saturated heterocycles. The lowest BCUT2D eigenvalue weighted by molar-refractivity contribution is -0.116. The Labute approximate surface area is 177 Å². The zero-order chi connectivity index (χ0) is 22.3. The van der Waals surface area contributed by atoms with Crippen molar-refractivity contribution in [2.75, 3.05) is 22.4 Å². The van der Waals surface area contributed by atoms with Gasteiger partial charge in [-0.25, -0.2) is 8.42 Å². The van der Waals surface area contributed by atoms with Crippen LogP contribution in [0.4, 0.5) is 11.4 Å². The zero-order valence-electron chi connectivity index (χ0n) is 17.4. The molecule has 2 aromatic rings. The van der Waals surface area contributed by atoms with E-state index in [-0.39, 0.29) is 18.0 Å². The molecule has 0 fully saturated rings. The molecule has 2 rings (SSSR count). The summed E-state index contributed by atoms with van der Waals surface area (Å²) in [6.07, 6.45) is 3.43. The molecule has 0 aliphatic heterocycles. The van der Waals surface area contributed by atoms with Gasteiger partial charge in [-0.3, -0.25) is 13.9 Å². The minimum atomic E-state index is -3.73. The number of hydrogen-bond acceptors (Lipinski definition) is 4. The summed E-state index contributed by atoms with van der Waals surface area (Å²) in [7, 11) is -3.73. The van der Waals surface area contributed by atoms with Crippen LogP contribution in [0.5, 0.6) is 0 Å². The molecule has 8 heteroatoms. The Morgan fingerprint density at radius 1 is 1.13 bits per heavy atom. The van der Waals surface area contributed by atoms with Crippen LogP contribution in [0.15, 0.2) is 61.2 Å². The molecule has 1 atom stereocenters. The number of amides is 2. The Hall–Kier alpha value is -3.13. The van der Waals surface area contributed by atoms with Gasteiger partial charge in [0, 0.05) is 6.54 Å². The van der Waals surface area contributed by atoms with Gasteiger partial charge in [0.15, 0.2) is 0 Å². The normalized spacial score (nSPS) is 12.0. The summed E-state index contributed by atoms with van der Waals surface area (Å²) >= 11 is 0. The van der Waals surface area contributed by atoms with E-state index in [4.69, 9.17) is 0 Å². The number of carbonyl (C=O) groups excluding carboxylic acids is 2. The summed E-state index contributed by atoms with van der Waals surface area (Å²) in [5, 5.41) is 5.34. The second-order valence-electron chi connectivity index (χ2n) is 6.79. The minimum absolute atomic E-state index is 0.276. The van der Waals surface area contributed by atoms with Crippen LogP contribution >= 0.6 is 0 Å². The van der Waals surface area contributed by atoms with E-state index in [2.05, 4.69) is 17.2 Å². The fourth-order valence-corrected chi connectivity index (χ4v) is 4.15. The Morgan fingerprint density at radius 2 is 1.77 bits per heavy atom. The molecule has 0 spiro atoms. The number of para-hydroxylation sites is 1. The fourth-order valence-electron chi connectivity index (χ4n) is 2.97. The third-order valence-corrected chi connectivity index (χ3v) is 5.77. The second-order valence-corrected chi connectivity index (χ2v) is 8.65. The van der Waals surface area contributed by atoms with Gasteiger partial charge in [0.2, 0.25) is 15.9 Å². The molecule has 0 aliphatic carbocycles. The highest BCUT2D eigenvalue weighted by molar-refractivity contribution is 7.92. The van der Waals surface area contributed by atoms with Crippen LogP contribution in [0.1, 0.15) is 29.8 Å². The van der Waals surface area contributed by atoms with Gasteiger partial charge >= 0.3 is 0 Å². The second kappa shape index (κ2) is 10.1. The average Bonchev–Trinajstić information content (AvgIpc) is 2.72. The Kier molecular flexibility index (Phi) is 7.77. The van der Waals surface area contributed by atoms with Crippen molar-refractivity contribution < 1.29 is 18.0 Å². The molecule has 0 bridgehead atoms. The number of aryl methyl sites for hydroxylation is 1. The largest absolute Gasteiger partial charge is 0.349 e. The van der Waals surface area contributed by atoms with E-state index in [0.717, 1.165) is 22.5 Å². The number of sulfonamides is 1. The predicted octanol–water partition coefficient (Wildman–Crippen LogP) is 2.96. The molecule has 0 radical (unpaired) electrons. The van der Waals surface area contributed by atoms with E-state index >= 15 is 0 Å². The molecule has 0 aliphatic rings. The van der Waals surface area contributed by atoms with E-state index in [9.17, 15) is 18.0 Å². The number of hydrogen-bond donors (Lipinski definition) is 2. The molecular formula is C22H27N3O4S. The van der Waals surface area contributed by atoms with Crippen LogP contribution in [0, 0.1) is 0 Å². The van der Waals surface area contributed by atoms with Crippen LogP contribution in [0.3, 0.4) is 0 Å². The highest BCUT2D eigenvalue weighted by Crippen LogP contribution is 2.23. The lowest BCUT2D eigenvalue weighted by Crippen LogP contribution is -2.45. The van der Waals surface area contributed by atoms with Crippen LogP contribution in [0.2, 0.25) is 0 Å². The molecule has 0 heterocycles. The number of carbonyl (C=O) groups is 2. The monoisotopic (exact) mass is 429 g/mol. The molecule has 2 aromatic carbocycles. The lowest BCUT2D eigenvalue weighted by atomic mass is 10.1. The van der Waals surface area contributed by atoms with Crippen LogP contribution in [-0.2, 0) is 21.2 Å². The molecule has 160 valence electrons. The van der Waals surface area contributed by atoms with Crippen molar-refractivity contribution in [1.82, 2.24) is 5.32 Å². The first-order valence-electron chi connectivity index (χ1n) is 9.56. The Balaban J connectivity index is 2.30. The maximum atomic E-state index is 12.9. The Bertz CT molecular complexity index is 1020. The lowest BCUT2D eigenvalue weighted by Gasteiger charge is -2.28. The maximum Gasteiger partial charge on any atom is 0.253 e. The van der Waals surface area contributed by atoms with Gasteiger partial charge < -0.3 is 10.6 Å². The molecule has 2 N–H and O–H groups in total. The first-order chi connectivity index (χ1) is 14.2. The van der Waals surface area contributed by atoms with Gasteiger partial charge in [-0.2, -0.15) is 0 Å². The first-order valence-corrected chi connectivity index (χ1v) is 11.4. The summed E-state index contributed by atoms with van der Waals surface area (Å²) in [6, 6.07) is 12.5. The number of benzene rings is 2. The number of nitrogens with one attached hydrogen (secondary N) is 2. The van der Waals surface area contributed by atoms with Crippen LogP contribution < -0.4 is 14.9 Å². The number of anilines is 2. The van der Waals surface area contributed by atoms with Crippen molar-refractivity contribution in [3.05, 3.63) is 72.3 Å². The summed E-state index contributed by atoms with van der Waals surface area (Å²) in [4.78, 5) is 25.3. The number of nitrogens with zero attached hydrogens (tertiary/aromatic N) is 1. The molecule has 7 nitrogen and oxygen atoms in total. The number of rotatable bonds is 9. The minimum Gasteiger partial charge on any atom is -0.349 e. The maximum absolute atomic E-state index is 12.9. The predicted molar refractivity (Wildman–Crippen MR) is 120 cm³/mol. The molecule has 30 heavy (non-hydrogen) atoms. The van der Waals surface area contributed by atoms with E-state index in [1.807, 2.05) is 19.1 Å².